The molecule has 18 heavy (non-hydrogen) atoms. The number of benzene rings is 2. The summed E-state index contributed by atoms with van der Waals surface area (Å²) in [4.78, 5) is 0. The molecule has 94 valence electrons. The van der Waals surface area contributed by atoms with Crippen molar-refractivity contribution >= 4 is 0 Å². The molecule has 0 aromatic heterocycles. The average Bonchev–Trinajstić information content (AvgIpc) is 2.41. The highest BCUT2D eigenvalue weighted by Crippen LogP contribution is 2.31. The van der Waals surface area contributed by atoms with Gasteiger partial charge in [0.05, 0.1) is 14.2 Å². The molecule has 0 saturated carbocycles. The fraction of sp³-hybridized carbons (Fsp3) is 0.143. The fourth-order valence-electron chi connectivity index (χ4n) is 1.68. The van der Waals surface area contributed by atoms with Crippen molar-refractivity contribution in [2.75, 3.05) is 14.2 Å². The summed E-state index contributed by atoms with van der Waals surface area (Å²) in [7, 11) is 2.92. The number of rotatable bonds is 3. The summed E-state index contributed by atoms with van der Waals surface area (Å²) < 4.78 is 37.2. The summed E-state index contributed by atoms with van der Waals surface area (Å²) in [5, 5.41) is 0. The van der Waals surface area contributed by atoms with E-state index in [0.29, 0.717) is 11.3 Å². The zero-order valence-electron chi connectivity index (χ0n) is 10.0. The highest BCUT2D eigenvalue weighted by molar-refractivity contribution is 5.67. The number of hydrogen-bond donors (Lipinski definition) is 0. The van der Waals surface area contributed by atoms with E-state index in [0.717, 1.165) is 6.07 Å². The molecule has 2 nitrogen and oxygen atoms in total. The van der Waals surface area contributed by atoms with E-state index in [2.05, 4.69) is 0 Å². The van der Waals surface area contributed by atoms with Crippen LogP contribution in [0, 0.1) is 11.6 Å². The molecule has 2 aromatic carbocycles. The summed E-state index contributed by atoms with van der Waals surface area (Å²) in [5.74, 6) is -0.988. The average molecular weight is 250 g/mol. The Kier molecular flexibility index (Phi) is 3.46. The van der Waals surface area contributed by atoms with E-state index in [4.69, 9.17) is 9.47 Å². The largest absolute Gasteiger partial charge is 0.497 e. The third kappa shape index (κ3) is 2.27. The van der Waals surface area contributed by atoms with Gasteiger partial charge in [-0.05, 0) is 23.8 Å². The molecule has 0 atom stereocenters. The van der Waals surface area contributed by atoms with Crippen LogP contribution in [0.5, 0.6) is 11.5 Å². The molecule has 0 spiro atoms. The molecule has 0 aliphatic heterocycles. The standard InChI is InChI=1S/C14H12F2O2/c1-17-10-5-3-4-9(6-10)12-7-11(18-2)8-13(15)14(12)16/h3-8H,1-2H3. The minimum atomic E-state index is -0.938. The van der Waals surface area contributed by atoms with Gasteiger partial charge in [-0.2, -0.15) is 0 Å². The third-order valence-electron chi connectivity index (χ3n) is 2.62. The van der Waals surface area contributed by atoms with Crippen LogP contribution in [0.15, 0.2) is 36.4 Å². The first kappa shape index (κ1) is 12.4. The maximum Gasteiger partial charge on any atom is 0.166 e. The van der Waals surface area contributed by atoms with Gasteiger partial charge in [0.2, 0.25) is 0 Å². The van der Waals surface area contributed by atoms with Crippen molar-refractivity contribution in [3.05, 3.63) is 48.0 Å². The first-order valence-corrected chi connectivity index (χ1v) is 5.33. The Hall–Kier alpha value is -2.10. The van der Waals surface area contributed by atoms with Gasteiger partial charge in [0.25, 0.3) is 0 Å². The zero-order chi connectivity index (χ0) is 13.1. The Morgan fingerprint density at radius 2 is 1.61 bits per heavy atom. The van der Waals surface area contributed by atoms with Crippen LogP contribution in [-0.2, 0) is 0 Å². The molecule has 0 bridgehead atoms. The lowest BCUT2D eigenvalue weighted by Gasteiger charge is -2.09. The van der Waals surface area contributed by atoms with Gasteiger partial charge in [-0.3, -0.25) is 0 Å². The van der Waals surface area contributed by atoms with Gasteiger partial charge in [-0.15, -0.1) is 0 Å². The predicted octanol–water partition coefficient (Wildman–Crippen LogP) is 3.65. The van der Waals surface area contributed by atoms with Crippen LogP contribution in [0.4, 0.5) is 8.78 Å². The van der Waals surface area contributed by atoms with Gasteiger partial charge in [0.1, 0.15) is 11.5 Å². The van der Waals surface area contributed by atoms with Gasteiger partial charge in [0, 0.05) is 11.6 Å². The first-order chi connectivity index (χ1) is 8.65. The summed E-state index contributed by atoms with van der Waals surface area (Å²) in [6, 6.07) is 9.23. The molecule has 0 heterocycles. The molecular weight excluding hydrogens is 238 g/mol. The molecule has 2 aromatic rings. The van der Waals surface area contributed by atoms with Crippen LogP contribution in [0.1, 0.15) is 0 Å². The Balaban J connectivity index is 2.58. The number of ether oxygens (including phenoxy) is 2. The van der Waals surface area contributed by atoms with E-state index in [1.165, 1.54) is 20.3 Å². The second-order valence-electron chi connectivity index (χ2n) is 3.70. The maximum absolute atomic E-state index is 13.8. The second kappa shape index (κ2) is 5.04. The normalized spacial score (nSPS) is 10.2. The van der Waals surface area contributed by atoms with E-state index in [1.54, 1.807) is 24.3 Å². The lowest BCUT2D eigenvalue weighted by molar-refractivity contribution is 0.407. The minimum absolute atomic E-state index is 0.144. The Morgan fingerprint density at radius 1 is 0.889 bits per heavy atom. The van der Waals surface area contributed by atoms with Crippen LogP contribution in [0.25, 0.3) is 11.1 Å². The van der Waals surface area contributed by atoms with Crippen LogP contribution >= 0.6 is 0 Å². The molecule has 0 amide bonds. The lowest BCUT2D eigenvalue weighted by atomic mass is 10.0. The van der Waals surface area contributed by atoms with E-state index >= 15 is 0 Å². The van der Waals surface area contributed by atoms with Crippen LogP contribution < -0.4 is 9.47 Å². The van der Waals surface area contributed by atoms with Crippen LogP contribution in [-0.4, -0.2) is 14.2 Å². The van der Waals surface area contributed by atoms with E-state index in [9.17, 15) is 8.78 Å². The Morgan fingerprint density at radius 3 is 2.28 bits per heavy atom. The Labute approximate surface area is 104 Å². The van der Waals surface area contributed by atoms with Crippen molar-refractivity contribution in [3.8, 4) is 22.6 Å². The molecule has 0 saturated heterocycles. The summed E-state index contributed by atoms with van der Waals surface area (Å²) in [6.07, 6.45) is 0. The minimum Gasteiger partial charge on any atom is -0.497 e. The maximum atomic E-state index is 13.8. The molecular formula is C14H12F2O2. The van der Waals surface area contributed by atoms with E-state index in [-0.39, 0.29) is 11.3 Å². The lowest BCUT2D eigenvalue weighted by Crippen LogP contribution is -1.93. The summed E-state index contributed by atoms with van der Waals surface area (Å²) in [6.45, 7) is 0. The fourth-order valence-corrected chi connectivity index (χ4v) is 1.68. The highest BCUT2D eigenvalue weighted by atomic mass is 19.2. The van der Waals surface area contributed by atoms with Gasteiger partial charge in [-0.1, -0.05) is 12.1 Å². The Bertz CT molecular complexity index is 568. The second-order valence-corrected chi connectivity index (χ2v) is 3.70. The smallest absolute Gasteiger partial charge is 0.166 e. The molecule has 0 fully saturated rings. The van der Waals surface area contributed by atoms with E-state index < -0.39 is 11.6 Å². The molecule has 0 aliphatic rings. The SMILES string of the molecule is COc1cccc(-c2cc(OC)cc(F)c2F)c1. The quantitative estimate of drug-likeness (QED) is 0.827. The van der Waals surface area contributed by atoms with Gasteiger partial charge >= 0.3 is 0 Å². The van der Waals surface area contributed by atoms with Crippen LogP contribution in [0.3, 0.4) is 0 Å². The van der Waals surface area contributed by atoms with Crippen molar-refractivity contribution in [1.29, 1.82) is 0 Å². The molecule has 0 aliphatic carbocycles. The zero-order valence-corrected chi connectivity index (χ0v) is 10.0. The molecule has 4 heteroatoms. The molecule has 0 N–H and O–H groups in total. The molecule has 0 radical (unpaired) electrons. The highest BCUT2D eigenvalue weighted by Gasteiger charge is 2.13. The van der Waals surface area contributed by atoms with Gasteiger partial charge in [0.15, 0.2) is 11.6 Å². The summed E-state index contributed by atoms with van der Waals surface area (Å²) >= 11 is 0. The van der Waals surface area contributed by atoms with Gasteiger partial charge in [-0.25, -0.2) is 8.78 Å². The number of hydrogen-bond acceptors (Lipinski definition) is 2. The number of halogens is 2. The third-order valence-corrected chi connectivity index (χ3v) is 2.62. The molecule has 2 rings (SSSR count). The van der Waals surface area contributed by atoms with Crippen molar-refractivity contribution < 1.29 is 18.3 Å². The monoisotopic (exact) mass is 250 g/mol. The predicted molar refractivity (Wildman–Crippen MR) is 64.9 cm³/mol. The van der Waals surface area contributed by atoms with Crippen molar-refractivity contribution in [1.82, 2.24) is 0 Å². The van der Waals surface area contributed by atoms with Crippen molar-refractivity contribution in [2.24, 2.45) is 0 Å². The van der Waals surface area contributed by atoms with Crippen LogP contribution in [0.2, 0.25) is 0 Å². The molecule has 0 unspecified atom stereocenters. The summed E-state index contributed by atoms with van der Waals surface area (Å²) in [5.41, 5.74) is 0.676. The van der Waals surface area contributed by atoms with Crippen molar-refractivity contribution in [3.63, 3.8) is 0 Å². The van der Waals surface area contributed by atoms with E-state index in [1.807, 2.05) is 0 Å². The van der Waals surface area contributed by atoms with Gasteiger partial charge < -0.3 is 9.47 Å². The topological polar surface area (TPSA) is 18.5 Å². The van der Waals surface area contributed by atoms with Crippen molar-refractivity contribution in [2.45, 2.75) is 0 Å². The first-order valence-electron chi connectivity index (χ1n) is 5.33. The number of methoxy groups -OCH3 is 2.